The van der Waals surface area contributed by atoms with Gasteiger partial charge in [-0.25, -0.2) is 4.79 Å². The molecule has 6 nitrogen and oxygen atoms in total. The molecule has 0 unspecified atom stereocenters. The minimum absolute atomic E-state index is 0.0255. The maximum absolute atomic E-state index is 13.7. The molecular weight excluding hydrogens is 598 g/mol. The Kier molecular flexibility index (Phi) is 10.2. The molecule has 3 aromatic rings. The summed E-state index contributed by atoms with van der Waals surface area (Å²) in [4.78, 5) is 28.9. The highest BCUT2D eigenvalue weighted by Gasteiger charge is 2.38. The number of benzene rings is 3. The van der Waals surface area contributed by atoms with E-state index in [1.54, 1.807) is 20.8 Å². The van der Waals surface area contributed by atoms with Crippen LogP contribution in [0.25, 0.3) is 0 Å². The summed E-state index contributed by atoms with van der Waals surface area (Å²) in [6, 6.07) is 15.9. The van der Waals surface area contributed by atoms with Gasteiger partial charge in [-0.15, -0.1) is 0 Å². The molecular formula is C33H36F6N4O2. The summed E-state index contributed by atoms with van der Waals surface area (Å²) in [5.74, 6) is -0.531. The Morgan fingerprint density at radius 2 is 1.38 bits per heavy atom. The van der Waals surface area contributed by atoms with Crippen LogP contribution in [0.3, 0.4) is 0 Å². The quantitative estimate of drug-likeness (QED) is 0.233. The van der Waals surface area contributed by atoms with E-state index in [2.05, 4.69) is 33.0 Å². The normalized spacial score (nSPS) is 15.5. The number of hydrogen-bond acceptors (Lipinski definition) is 3. The molecule has 0 fully saturated rings. The van der Waals surface area contributed by atoms with Gasteiger partial charge in [0.05, 0.1) is 11.1 Å². The first-order valence-corrected chi connectivity index (χ1v) is 14.5. The van der Waals surface area contributed by atoms with Gasteiger partial charge in [0.15, 0.2) is 0 Å². The third-order valence-corrected chi connectivity index (χ3v) is 7.61. The van der Waals surface area contributed by atoms with Crippen LogP contribution >= 0.6 is 0 Å². The standard InChI is InChI=1S/C33H36F6N4O2/c1-31(2,3)28(42-30(45)41-26-17-24(32(34,35)36)16-25(18-26)33(37,38)39)29(44)40-27(15-21-9-5-4-6-10-21)20-43-14-13-22-11-7-8-12-23(22)19-43/h4-12,16-18,27-28H,13-15,19-20H2,1-3H3,(H,40,44)(H2,41,42,45)/t27-,28+/m0/s1. The number of fused-ring (bicyclic) bond motifs is 1. The molecule has 3 aromatic carbocycles. The van der Waals surface area contributed by atoms with Gasteiger partial charge in [0.1, 0.15) is 6.04 Å². The number of nitrogens with zero attached hydrogens (tertiary/aromatic N) is 1. The Balaban J connectivity index is 1.51. The second-order valence-corrected chi connectivity index (χ2v) is 12.3. The summed E-state index contributed by atoms with van der Waals surface area (Å²) in [5, 5.41) is 7.57. The first-order chi connectivity index (χ1) is 21.0. The van der Waals surface area contributed by atoms with E-state index in [9.17, 15) is 35.9 Å². The molecule has 0 aliphatic carbocycles. The van der Waals surface area contributed by atoms with E-state index in [1.807, 2.05) is 42.5 Å². The van der Waals surface area contributed by atoms with Gasteiger partial charge < -0.3 is 16.0 Å². The number of anilines is 1. The average Bonchev–Trinajstić information content (AvgIpc) is 2.94. The largest absolute Gasteiger partial charge is 0.416 e. The van der Waals surface area contributed by atoms with Gasteiger partial charge in [0.2, 0.25) is 5.91 Å². The summed E-state index contributed by atoms with van der Waals surface area (Å²) in [7, 11) is 0. The van der Waals surface area contributed by atoms with Gasteiger partial charge >= 0.3 is 18.4 Å². The van der Waals surface area contributed by atoms with Gasteiger partial charge in [0.25, 0.3) is 0 Å². The number of halogens is 6. The molecule has 0 radical (unpaired) electrons. The van der Waals surface area contributed by atoms with E-state index >= 15 is 0 Å². The molecule has 0 saturated heterocycles. The third kappa shape index (κ3) is 9.46. The topological polar surface area (TPSA) is 73.5 Å². The number of nitrogens with one attached hydrogen (secondary N) is 3. The zero-order valence-corrected chi connectivity index (χ0v) is 25.1. The first kappa shape index (κ1) is 33.8. The van der Waals surface area contributed by atoms with Crippen molar-refractivity contribution in [3.8, 4) is 0 Å². The maximum Gasteiger partial charge on any atom is 0.416 e. The summed E-state index contributed by atoms with van der Waals surface area (Å²) >= 11 is 0. The summed E-state index contributed by atoms with van der Waals surface area (Å²) in [5.41, 5.74) is -1.23. The molecule has 45 heavy (non-hydrogen) atoms. The summed E-state index contributed by atoms with van der Waals surface area (Å²) < 4.78 is 79.9. The van der Waals surface area contributed by atoms with E-state index < -0.39 is 52.6 Å². The fourth-order valence-corrected chi connectivity index (χ4v) is 5.37. The van der Waals surface area contributed by atoms with Crippen molar-refractivity contribution in [2.45, 2.75) is 64.6 Å². The van der Waals surface area contributed by atoms with Crippen molar-refractivity contribution in [2.75, 3.05) is 18.4 Å². The SMILES string of the molecule is CC(C)(C)[C@H](NC(=O)Nc1cc(C(F)(F)F)cc(C(F)(F)F)c1)C(=O)N[C@@H](Cc1ccccc1)CN1CCc2ccccc2C1. The van der Waals surface area contributed by atoms with Crippen LogP contribution < -0.4 is 16.0 Å². The number of rotatable bonds is 8. The predicted octanol–water partition coefficient (Wildman–Crippen LogP) is 7.05. The lowest BCUT2D eigenvalue weighted by Crippen LogP contribution is -2.58. The highest BCUT2D eigenvalue weighted by molar-refractivity contribution is 5.94. The number of amides is 3. The van der Waals surface area contributed by atoms with Crippen molar-refractivity contribution in [1.82, 2.24) is 15.5 Å². The molecule has 0 aromatic heterocycles. The van der Waals surface area contributed by atoms with E-state index in [0.717, 1.165) is 18.5 Å². The Morgan fingerprint density at radius 1 is 0.800 bits per heavy atom. The van der Waals surface area contributed by atoms with Gasteiger partial charge in [-0.1, -0.05) is 75.4 Å². The third-order valence-electron chi connectivity index (χ3n) is 7.61. The van der Waals surface area contributed by atoms with Crippen LogP contribution in [0.5, 0.6) is 0 Å². The maximum atomic E-state index is 13.7. The molecule has 242 valence electrons. The van der Waals surface area contributed by atoms with E-state index in [0.29, 0.717) is 31.6 Å². The van der Waals surface area contributed by atoms with Gasteiger partial charge in [0, 0.05) is 31.4 Å². The lowest BCUT2D eigenvalue weighted by Gasteiger charge is -2.35. The first-order valence-electron chi connectivity index (χ1n) is 14.5. The summed E-state index contributed by atoms with van der Waals surface area (Å²) in [6.45, 7) is 7.09. The number of carbonyl (C=O) groups is 2. The van der Waals surface area contributed by atoms with E-state index in [-0.39, 0.29) is 12.1 Å². The van der Waals surface area contributed by atoms with Crippen LogP contribution in [0.4, 0.5) is 36.8 Å². The van der Waals surface area contributed by atoms with Crippen molar-refractivity contribution in [1.29, 1.82) is 0 Å². The fraction of sp³-hybridized carbons (Fsp3) is 0.394. The zero-order valence-electron chi connectivity index (χ0n) is 25.1. The van der Waals surface area contributed by atoms with Crippen LogP contribution in [0.15, 0.2) is 72.8 Å². The van der Waals surface area contributed by atoms with Crippen molar-refractivity contribution in [2.24, 2.45) is 5.41 Å². The van der Waals surface area contributed by atoms with Crippen molar-refractivity contribution in [3.63, 3.8) is 0 Å². The second-order valence-electron chi connectivity index (χ2n) is 12.3. The lowest BCUT2D eigenvalue weighted by molar-refractivity contribution is -0.143. The number of carbonyl (C=O) groups excluding carboxylic acids is 2. The van der Waals surface area contributed by atoms with Crippen LogP contribution in [-0.4, -0.2) is 42.0 Å². The lowest BCUT2D eigenvalue weighted by atomic mass is 9.86. The Labute approximate surface area is 258 Å². The molecule has 1 aliphatic rings. The molecule has 0 bridgehead atoms. The highest BCUT2D eigenvalue weighted by Crippen LogP contribution is 2.37. The van der Waals surface area contributed by atoms with E-state index in [1.165, 1.54) is 11.1 Å². The molecule has 3 amide bonds. The Bertz CT molecular complexity index is 1450. The number of hydrogen-bond donors (Lipinski definition) is 3. The van der Waals surface area contributed by atoms with Gasteiger partial charge in [-0.05, 0) is 53.1 Å². The van der Waals surface area contributed by atoms with Gasteiger partial charge in [-0.3, -0.25) is 9.69 Å². The van der Waals surface area contributed by atoms with Crippen molar-refractivity contribution >= 4 is 17.6 Å². The molecule has 1 heterocycles. The van der Waals surface area contributed by atoms with Gasteiger partial charge in [-0.2, -0.15) is 26.3 Å². The van der Waals surface area contributed by atoms with Crippen LogP contribution in [0.2, 0.25) is 0 Å². The van der Waals surface area contributed by atoms with Crippen molar-refractivity contribution in [3.05, 3.63) is 101 Å². The van der Waals surface area contributed by atoms with Crippen LogP contribution in [-0.2, 0) is 36.5 Å². The number of urea groups is 1. The highest BCUT2D eigenvalue weighted by atomic mass is 19.4. The molecule has 0 spiro atoms. The Hall–Kier alpha value is -4.06. The van der Waals surface area contributed by atoms with Crippen LogP contribution in [0.1, 0.15) is 48.6 Å². The number of alkyl halides is 6. The minimum Gasteiger partial charge on any atom is -0.350 e. The monoisotopic (exact) mass is 634 g/mol. The average molecular weight is 635 g/mol. The van der Waals surface area contributed by atoms with E-state index in [4.69, 9.17) is 0 Å². The minimum atomic E-state index is -5.08. The zero-order chi connectivity index (χ0) is 33.0. The molecule has 0 saturated carbocycles. The van der Waals surface area contributed by atoms with Crippen molar-refractivity contribution < 1.29 is 35.9 Å². The smallest absolute Gasteiger partial charge is 0.350 e. The Morgan fingerprint density at radius 3 is 1.96 bits per heavy atom. The second kappa shape index (κ2) is 13.5. The molecule has 12 heteroatoms. The molecule has 4 rings (SSSR count). The molecule has 2 atom stereocenters. The molecule has 1 aliphatic heterocycles. The molecule has 3 N–H and O–H groups in total. The van der Waals surface area contributed by atoms with Crippen LogP contribution in [0, 0.1) is 5.41 Å². The summed E-state index contributed by atoms with van der Waals surface area (Å²) in [6.07, 6.45) is -8.79. The predicted molar refractivity (Wildman–Crippen MR) is 159 cm³/mol. The fourth-order valence-electron chi connectivity index (χ4n) is 5.37.